The van der Waals surface area contributed by atoms with E-state index in [0.717, 1.165) is 25.7 Å². The predicted molar refractivity (Wildman–Crippen MR) is 61.0 cm³/mol. The van der Waals surface area contributed by atoms with Gasteiger partial charge in [0, 0.05) is 19.0 Å². The Balaban J connectivity index is 2.38. The topological polar surface area (TPSA) is 55.1 Å². The van der Waals surface area contributed by atoms with Gasteiger partial charge in [-0.25, -0.2) is 0 Å². The Bertz CT molecular complexity index is 244. The van der Waals surface area contributed by atoms with Gasteiger partial charge in [0.05, 0.1) is 5.92 Å². The quantitative estimate of drug-likeness (QED) is 0.413. The van der Waals surface area contributed by atoms with Crippen molar-refractivity contribution in [1.82, 2.24) is 5.32 Å². The maximum absolute atomic E-state index is 11.8. The first-order chi connectivity index (χ1) is 7.25. The number of hydrogen-bond donors (Lipinski definition) is 2. The van der Waals surface area contributed by atoms with Crippen LogP contribution in [0.2, 0.25) is 0 Å². The smallest absolute Gasteiger partial charge is 0.224 e. The molecule has 0 bridgehead atoms. The molecule has 0 heterocycles. The van der Waals surface area contributed by atoms with Crippen molar-refractivity contribution < 1.29 is 4.79 Å². The van der Waals surface area contributed by atoms with E-state index in [0.29, 0.717) is 13.0 Å². The second-order valence-corrected chi connectivity index (χ2v) is 4.15. The summed E-state index contributed by atoms with van der Waals surface area (Å²) in [5.74, 6) is 2.58. The van der Waals surface area contributed by atoms with E-state index in [1.54, 1.807) is 0 Å². The van der Waals surface area contributed by atoms with Crippen LogP contribution in [-0.4, -0.2) is 18.5 Å². The Labute approximate surface area is 91.8 Å². The monoisotopic (exact) mass is 208 g/mol. The van der Waals surface area contributed by atoms with Crippen molar-refractivity contribution in [2.24, 2.45) is 11.7 Å². The summed E-state index contributed by atoms with van der Waals surface area (Å²) in [7, 11) is 0. The van der Waals surface area contributed by atoms with Gasteiger partial charge in [-0.2, -0.15) is 0 Å². The number of rotatable bonds is 3. The predicted octanol–water partition coefficient (Wildman–Crippen LogP) is 1.03. The number of nitrogens with one attached hydrogen (secondary N) is 1. The summed E-state index contributed by atoms with van der Waals surface area (Å²) in [5.41, 5.74) is 5.98. The van der Waals surface area contributed by atoms with Crippen LogP contribution in [0, 0.1) is 18.3 Å². The molecule has 2 unspecified atom stereocenters. The molecule has 15 heavy (non-hydrogen) atoms. The second kappa shape index (κ2) is 6.47. The lowest BCUT2D eigenvalue weighted by molar-refractivity contribution is -0.125. The van der Waals surface area contributed by atoms with Gasteiger partial charge >= 0.3 is 0 Å². The van der Waals surface area contributed by atoms with Gasteiger partial charge in [-0.15, -0.1) is 12.3 Å². The third-order valence-electron chi connectivity index (χ3n) is 2.97. The normalized spacial score (nSPS) is 26.4. The third kappa shape index (κ3) is 3.93. The van der Waals surface area contributed by atoms with Gasteiger partial charge in [-0.1, -0.05) is 19.3 Å². The molecule has 2 atom stereocenters. The van der Waals surface area contributed by atoms with E-state index in [9.17, 15) is 4.79 Å². The van der Waals surface area contributed by atoms with Crippen LogP contribution in [0.15, 0.2) is 0 Å². The fourth-order valence-electron chi connectivity index (χ4n) is 2.05. The van der Waals surface area contributed by atoms with Crippen LogP contribution in [0.3, 0.4) is 0 Å². The van der Waals surface area contributed by atoms with Crippen LogP contribution in [-0.2, 0) is 4.79 Å². The van der Waals surface area contributed by atoms with Gasteiger partial charge < -0.3 is 11.1 Å². The van der Waals surface area contributed by atoms with Crippen LogP contribution >= 0.6 is 0 Å². The lowest BCUT2D eigenvalue weighted by atomic mass is 9.94. The SMILES string of the molecule is C#CCCNC(=O)C1CCCCCC1N. The van der Waals surface area contributed by atoms with Gasteiger partial charge in [0.2, 0.25) is 5.91 Å². The van der Waals surface area contributed by atoms with E-state index in [1.807, 2.05) is 0 Å². The molecule has 0 radical (unpaired) electrons. The van der Waals surface area contributed by atoms with Gasteiger partial charge in [0.25, 0.3) is 0 Å². The van der Waals surface area contributed by atoms with Crippen molar-refractivity contribution in [3.05, 3.63) is 0 Å². The Hall–Kier alpha value is -1.01. The molecule has 1 amide bonds. The first-order valence-electron chi connectivity index (χ1n) is 5.72. The first kappa shape index (κ1) is 12.1. The summed E-state index contributed by atoms with van der Waals surface area (Å²) in [6.07, 6.45) is 11.1. The van der Waals surface area contributed by atoms with Crippen molar-refractivity contribution in [3.8, 4) is 12.3 Å². The molecule has 0 aromatic carbocycles. The summed E-state index contributed by atoms with van der Waals surface area (Å²) in [5, 5.41) is 2.85. The molecule has 1 aliphatic rings. The molecular weight excluding hydrogens is 188 g/mol. The summed E-state index contributed by atoms with van der Waals surface area (Å²) in [6, 6.07) is 0.0262. The highest BCUT2D eigenvalue weighted by Crippen LogP contribution is 2.22. The molecular formula is C12H20N2O. The van der Waals surface area contributed by atoms with Gasteiger partial charge in [-0.05, 0) is 12.8 Å². The highest BCUT2D eigenvalue weighted by Gasteiger charge is 2.26. The van der Waals surface area contributed by atoms with Gasteiger partial charge in [0.15, 0.2) is 0 Å². The van der Waals surface area contributed by atoms with Crippen LogP contribution in [0.25, 0.3) is 0 Å². The molecule has 3 N–H and O–H groups in total. The van der Waals surface area contributed by atoms with E-state index in [2.05, 4.69) is 11.2 Å². The Morgan fingerprint density at radius 1 is 1.40 bits per heavy atom. The van der Waals surface area contributed by atoms with Gasteiger partial charge in [-0.3, -0.25) is 4.79 Å². The number of carbonyl (C=O) groups excluding carboxylic acids is 1. The van der Waals surface area contributed by atoms with Crippen molar-refractivity contribution in [2.75, 3.05) is 6.54 Å². The summed E-state index contributed by atoms with van der Waals surface area (Å²) in [4.78, 5) is 11.8. The van der Waals surface area contributed by atoms with E-state index < -0.39 is 0 Å². The molecule has 0 aliphatic heterocycles. The average Bonchev–Trinajstić information content (AvgIpc) is 2.43. The zero-order chi connectivity index (χ0) is 11.1. The summed E-state index contributed by atoms with van der Waals surface area (Å²) in [6.45, 7) is 0.568. The number of terminal acetylenes is 1. The van der Waals surface area contributed by atoms with Crippen molar-refractivity contribution in [2.45, 2.75) is 44.6 Å². The minimum absolute atomic E-state index is 0.00901. The highest BCUT2D eigenvalue weighted by molar-refractivity contribution is 5.79. The zero-order valence-corrected chi connectivity index (χ0v) is 9.17. The average molecular weight is 208 g/mol. The molecule has 0 spiro atoms. The largest absolute Gasteiger partial charge is 0.355 e. The molecule has 1 fully saturated rings. The fourth-order valence-corrected chi connectivity index (χ4v) is 2.05. The summed E-state index contributed by atoms with van der Waals surface area (Å²) < 4.78 is 0. The standard InChI is InChI=1S/C12H20N2O/c1-2-3-9-14-12(15)10-7-5-4-6-8-11(10)13/h1,10-11H,3-9,13H2,(H,14,15). The molecule has 0 aromatic heterocycles. The molecule has 1 aliphatic carbocycles. The number of nitrogens with two attached hydrogens (primary N) is 1. The van der Waals surface area contributed by atoms with E-state index in [1.165, 1.54) is 6.42 Å². The lowest BCUT2D eigenvalue weighted by Gasteiger charge is -2.20. The minimum atomic E-state index is -0.00901. The molecule has 3 heteroatoms. The third-order valence-corrected chi connectivity index (χ3v) is 2.97. The highest BCUT2D eigenvalue weighted by atomic mass is 16.1. The van der Waals surface area contributed by atoms with E-state index >= 15 is 0 Å². The maximum atomic E-state index is 11.8. The minimum Gasteiger partial charge on any atom is -0.355 e. The number of hydrogen-bond acceptors (Lipinski definition) is 2. The molecule has 84 valence electrons. The zero-order valence-electron chi connectivity index (χ0n) is 9.17. The van der Waals surface area contributed by atoms with Crippen molar-refractivity contribution in [3.63, 3.8) is 0 Å². The Morgan fingerprint density at radius 2 is 2.13 bits per heavy atom. The van der Waals surface area contributed by atoms with Crippen LogP contribution in [0.4, 0.5) is 0 Å². The second-order valence-electron chi connectivity index (χ2n) is 4.15. The van der Waals surface area contributed by atoms with Crippen molar-refractivity contribution in [1.29, 1.82) is 0 Å². The molecule has 1 rings (SSSR count). The Kier molecular flexibility index (Phi) is 5.20. The van der Waals surface area contributed by atoms with Crippen LogP contribution in [0.5, 0.6) is 0 Å². The number of amides is 1. The van der Waals surface area contributed by atoms with Crippen molar-refractivity contribution >= 4 is 5.91 Å². The van der Waals surface area contributed by atoms with E-state index in [4.69, 9.17) is 12.2 Å². The van der Waals surface area contributed by atoms with Gasteiger partial charge in [0.1, 0.15) is 0 Å². The molecule has 1 saturated carbocycles. The lowest BCUT2D eigenvalue weighted by Crippen LogP contribution is -2.41. The first-order valence-corrected chi connectivity index (χ1v) is 5.72. The number of carbonyl (C=O) groups is 1. The van der Waals surface area contributed by atoms with E-state index in [-0.39, 0.29) is 17.9 Å². The Morgan fingerprint density at radius 3 is 2.87 bits per heavy atom. The molecule has 3 nitrogen and oxygen atoms in total. The molecule has 0 saturated heterocycles. The van der Waals surface area contributed by atoms with Crippen LogP contribution < -0.4 is 11.1 Å². The maximum Gasteiger partial charge on any atom is 0.224 e. The fraction of sp³-hybridized carbons (Fsp3) is 0.750. The van der Waals surface area contributed by atoms with Crippen LogP contribution in [0.1, 0.15) is 38.5 Å². The summed E-state index contributed by atoms with van der Waals surface area (Å²) >= 11 is 0. The molecule has 0 aromatic rings.